The van der Waals surface area contributed by atoms with Crippen molar-refractivity contribution in [1.82, 2.24) is 10.6 Å². The number of benzene rings is 1. The maximum atomic E-state index is 10.7. The molecule has 0 aliphatic heterocycles. The first-order chi connectivity index (χ1) is 10.2. The van der Waals surface area contributed by atoms with Gasteiger partial charge < -0.3 is 10.1 Å². The van der Waals surface area contributed by atoms with Crippen molar-refractivity contribution in [2.24, 2.45) is 0 Å². The van der Waals surface area contributed by atoms with Crippen molar-refractivity contribution in [2.45, 2.75) is 12.6 Å². The van der Waals surface area contributed by atoms with E-state index in [1.807, 2.05) is 29.6 Å². The van der Waals surface area contributed by atoms with E-state index in [0.29, 0.717) is 0 Å². The molecule has 0 fully saturated rings. The minimum Gasteiger partial charge on any atom is -0.496 e. The third kappa shape index (κ3) is 4.56. The van der Waals surface area contributed by atoms with Crippen LogP contribution in [0.3, 0.4) is 0 Å². The van der Waals surface area contributed by atoms with E-state index in [-0.39, 0.29) is 6.17 Å². The summed E-state index contributed by atoms with van der Waals surface area (Å²) in [5.74, 6) is 0.827. The first-order valence-corrected chi connectivity index (χ1v) is 8.20. The first-order valence-electron chi connectivity index (χ1n) is 6.53. The SMILES string of the molecule is COc1cc(CCNC(NC=O)c2cccs2)ccc1Br. The largest absolute Gasteiger partial charge is 0.496 e. The number of halogens is 1. The zero-order valence-corrected chi connectivity index (χ0v) is 14.0. The number of hydrogen-bond acceptors (Lipinski definition) is 4. The fraction of sp³-hybridized carbons (Fsp3) is 0.267. The molecule has 1 aromatic carbocycles. The van der Waals surface area contributed by atoms with Crippen LogP contribution in [0.1, 0.15) is 16.6 Å². The molecule has 1 aromatic heterocycles. The van der Waals surface area contributed by atoms with Crippen LogP contribution < -0.4 is 15.4 Å². The highest BCUT2D eigenvalue weighted by atomic mass is 79.9. The van der Waals surface area contributed by atoms with Gasteiger partial charge in [0.1, 0.15) is 11.9 Å². The smallest absolute Gasteiger partial charge is 0.208 e. The van der Waals surface area contributed by atoms with E-state index < -0.39 is 0 Å². The Hall–Kier alpha value is -1.37. The Balaban J connectivity index is 1.91. The number of hydrogen-bond donors (Lipinski definition) is 2. The van der Waals surface area contributed by atoms with E-state index in [4.69, 9.17) is 4.74 Å². The summed E-state index contributed by atoms with van der Waals surface area (Å²) in [6, 6.07) is 10.0. The molecule has 0 saturated heterocycles. The summed E-state index contributed by atoms with van der Waals surface area (Å²) in [5.41, 5.74) is 1.18. The van der Waals surface area contributed by atoms with E-state index in [0.717, 1.165) is 34.5 Å². The van der Waals surface area contributed by atoms with Gasteiger partial charge in [-0.2, -0.15) is 0 Å². The van der Waals surface area contributed by atoms with Gasteiger partial charge >= 0.3 is 0 Å². The average Bonchev–Trinajstić information content (AvgIpc) is 3.02. The Morgan fingerprint density at radius 2 is 2.29 bits per heavy atom. The number of carbonyl (C=O) groups excluding carboxylic acids is 1. The summed E-state index contributed by atoms with van der Waals surface area (Å²) in [6.07, 6.45) is 1.44. The zero-order chi connectivity index (χ0) is 15.1. The standard InChI is InChI=1S/C15H17BrN2O2S/c1-20-13-9-11(4-5-12(13)16)6-7-17-15(18-10-19)14-3-2-8-21-14/h2-5,8-10,15,17H,6-7H2,1H3,(H,18,19). The molecular formula is C15H17BrN2O2S. The predicted octanol–water partition coefficient (Wildman–Crippen LogP) is 3.10. The van der Waals surface area contributed by atoms with Crippen molar-refractivity contribution >= 4 is 33.7 Å². The summed E-state index contributed by atoms with van der Waals surface area (Å²) in [7, 11) is 1.66. The number of thiophene rings is 1. The van der Waals surface area contributed by atoms with E-state index in [2.05, 4.69) is 32.6 Å². The van der Waals surface area contributed by atoms with Crippen molar-refractivity contribution in [3.8, 4) is 5.75 Å². The molecule has 2 N–H and O–H groups in total. The van der Waals surface area contributed by atoms with E-state index in [9.17, 15) is 4.79 Å². The van der Waals surface area contributed by atoms with E-state index in [1.54, 1.807) is 18.4 Å². The van der Waals surface area contributed by atoms with Crippen LogP contribution in [0.5, 0.6) is 5.75 Å². The molecule has 1 heterocycles. The van der Waals surface area contributed by atoms with E-state index >= 15 is 0 Å². The number of methoxy groups -OCH3 is 1. The lowest BCUT2D eigenvalue weighted by molar-refractivity contribution is -0.110. The van der Waals surface area contributed by atoms with Gasteiger partial charge in [-0.3, -0.25) is 10.1 Å². The number of rotatable bonds is 8. The topological polar surface area (TPSA) is 50.4 Å². The van der Waals surface area contributed by atoms with Crippen LogP contribution >= 0.6 is 27.3 Å². The van der Waals surface area contributed by atoms with Crippen LogP contribution in [0.15, 0.2) is 40.2 Å². The second-order valence-electron chi connectivity index (χ2n) is 4.41. The molecule has 2 rings (SSSR count). The van der Waals surface area contributed by atoms with Crippen LogP contribution in [-0.2, 0) is 11.2 Å². The highest BCUT2D eigenvalue weighted by Gasteiger charge is 2.10. The minimum absolute atomic E-state index is 0.139. The number of nitrogens with one attached hydrogen (secondary N) is 2. The summed E-state index contributed by atoms with van der Waals surface area (Å²) < 4.78 is 6.23. The molecule has 2 aromatic rings. The molecule has 112 valence electrons. The lowest BCUT2D eigenvalue weighted by atomic mass is 10.1. The molecule has 1 unspecified atom stereocenters. The van der Waals surface area contributed by atoms with Crippen LogP contribution in [0.4, 0.5) is 0 Å². The van der Waals surface area contributed by atoms with Gasteiger partial charge in [0.25, 0.3) is 0 Å². The first kappa shape index (κ1) is 16.0. The van der Waals surface area contributed by atoms with Gasteiger partial charge in [0.15, 0.2) is 0 Å². The Kier molecular flexibility index (Phi) is 6.22. The second-order valence-corrected chi connectivity index (χ2v) is 6.24. The van der Waals surface area contributed by atoms with Crippen molar-refractivity contribution < 1.29 is 9.53 Å². The van der Waals surface area contributed by atoms with E-state index in [1.165, 1.54) is 5.56 Å². The van der Waals surface area contributed by atoms with Crippen molar-refractivity contribution in [3.05, 3.63) is 50.6 Å². The lowest BCUT2D eigenvalue weighted by Gasteiger charge is -2.16. The second kappa shape index (κ2) is 8.17. The lowest BCUT2D eigenvalue weighted by Crippen LogP contribution is -2.34. The fourth-order valence-corrected chi connectivity index (χ4v) is 3.15. The Labute approximate surface area is 136 Å². The molecule has 0 spiro atoms. The molecule has 6 heteroatoms. The maximum Gasteiger partial charge on any atom is 0.208 e. The molecule has 0 aliphatic rings. The highest BCUT2D eigenvalue weighted by Crippen LogP contribution is 2.25. The van der Waals surface area contributed by atoms with Crippen molar-refractivity contribution in [2.75, 3.05) is 13.7 Å². The van der Waals surface area contributed by atoms with Crippen LogP contribution in [0.25, 0.3) is 0 Å². The number of carbonyl (C=O) groups is 1. The summed E-state index contributed by atoms with van der Waals surface area (Å²) >= 11 is 5.06. The molecule has 0 saturated carbocycles. The molecule has 0 aliphatic carbocycles. The molecule has 0 bridgehead atoms. The predicted molar refractivity (Wildman–Crippen MR) is 88.7 cm³/mol. The molecule has 21 heavy (non-hydrogen) atoms. The Bertz CT molecular complexity index is 575. The van der Waals surface area contributed by atoms with Crippen molar-refractivity contribution in [3.63, 3.8) is 0 Å². The zero-order valence-electron chi connectivity index (χ0n) is 11.6. The number of ether oxygens (including phenoxy) is 1. The highest BCUT2D eigenvalue weighted by molar-refractivity contribution is 9.10. The summed E-state index contributed by atoms with van der Waals surface area (Å²) in [4.78, 5) is 11.8. The quantitative estimate of drug-likeness (QED) is 0.555. The Morgan fingerprint density at radius 1 is 1.43 bits per heavy atom. The van der Waals surface area contributed by atoms with Crippen LogP contribution in [-0.4, -0.2) is 20.1 Å². The molecule has 1 atom stereocenters. The van der Waals surface area contributed by atoms with Crippen LogP contribution in [0, 0.1) is 0 Å². The van der Waals surface area contributed by atoms with Gasteiger partial charge in [-0.15, -0.1) is 11.3 Å². The van der Waals surface area contributed by atoms with Gasteiger partial charge in [-0.05, 0) is 51.5 Å². The third-order valence-corrected chi connectivity index (χ3v) is 4.63. The average molecular weight is 369 g/mol. The third-order valence-electron chi connectivity index (χ3n) is 3.04. The fourth-order valence-electron chi connectivity index (χ4n) is 1.99. The summed E-state index contributed by atoms with van der Waals surface area (Å²) in [5, 5.41) is 8.12. The normalized spacial score (nSPS) is 11.9. The van der Waals surface area contributed by atoms with Gasteiger partial charge in [-0.1, -0.05) is 12.1 Å². The van der Waals surface area contributed by atoms with Crippen molar-refractivity contribution in [1.29, 1.82) is 0 Å². The monoisotopic (exact) mass is 368 g/mol. The van der Waals surface area contributed by atoms with Gasteiger partial charge in [0.05, 0.1) is 11.6 Å². The summed E-state index contributed by atoms with van der Waals surface area (Å²) in [6.45, 7) is 0.758. The van der Waals surface area contributed by atoms with Gasteiger partial charge in [0.2, 0.25) is 6.41 Å². The molecule has 1 amide bonds. The number of amides is 1. The maximum absolute atomic E-state index is 10.7. The Morgan fingerprint density at radius 3 is 2.95 bits per heavy atom. The van der Waals surface area contributed by atoms with Gasteiger partial charge in [0, 0.05) is 11.4 Å². The van der Waals surface area contributed by atoms with Crippen LogP contribution in [0.2, 0.25) is 0 Å². The molecule has 0 radical (unpaired) electrons. The minimum atomic E-state index is -0.139. The molecular weight excluding hydrogens is 352 g/mol. The molecule has 4 nitrogen and oxygen atoms in total. The van der Waals surface area contributed by atoms with Gasteiger partial charge in [-0.25, -0.2) is 0 Å².